The summed E-state index contributed by atoms with van der Waals surface area (Å²) in [6.45, 7) is 9.89. The highest BCUT2D eigenvalue weighted by molar-refractivity contribution is 5.89. The number of esters is 2. The zero-order valence-electron chi connectivity index (χ0n) is 19.7. The van der Waals surface area contributed by atoms with Crippen LogP contribution < -0.4 is 0 Å². The van der Waals surface area contributed by atoms with E-state index in [9.17, 15) is 14.7 Å². The number of fused-ring (bicyclic) bond motifs is 1. The molecule has 0 bridgehead atoms. The number of aliphatic hydroxyl groups is 1. The first-order chi connectivity index (χ1) is 15.0. The maximum absolute atomic E-state index is 11.7. The van der Waals surface area contributed by atoms with Gasteiger partial charge in [0, 0.05) is 12.3 Å². The molecular formula is C27H32O5. The Hall–Kier alpha value is -2.92. The number of rotatable bonds is 5. The van der Waals surface area contributed by atoms with Crippen LogP contribution >= 0.6 is 0 Å². The van der Waals surface area contributed by atoms with Crippen LogP contribution in [0.5, 0.6) is 0 Å². The maximum atomic E-state index is 11.7. The minimum Gasteiger partial charge on any atom is -0.465 e. The topological polar surface area (TPSA) is 72.8 Å². The SMILES string of the molecule is COC(=O)c1ccc(/C=C/c2cc3c(cc2CO)C(C)(C)CC(OC(C)=O)C3(C)C)cc1. The van der Waals surface area contributed by atoms with Crippen molar-refractivity contribution in [1.29, 1.82) is 0 Å². The molecule has 2 aromatic carbocycles. The number of ether oxygens (including phenoxy) is 2. The summed E-state index contributed by atoms with van der Waals surface area (Å²) in [5, 5.41) is 10.1. The predicted octanol–water partition coefficient (Wildman–Crippen LogP) is 5.03. The van der Waals surface area contributed by atoms with Crippen molar-refractivity contribution in [3.8, 4) is 0 Å². The maximum Gasteiger partial charge on any atom is 0.337 e. The van der Waals surface area contributed by atoms with Crippen molar-refractivity contribution < 1.29 is 24.2 Å². The quantitative estimate of drug-likeness (QED) is 0.526. The molecule has 170 valence electrons. The number of benzene rings is 2. The summed E-state index contributed by atoms with van der Waals surface area (Å²) in [5.74, 6) is -0.644. The molecule has 1 aliphatic rings. The summed E-state index contributed by atoms with van der Waals surface area (Å²) in [4.78, 5) is 23.4. The Morgan fingerprint density at radius 1 is 1.06 bits per heavy atom. The van der Waals surface area contributed by atoms with Gasteiger partial charge in [0.15, 0.2) is 0 Å². The molecule has 0 fully saturated rings. The molecule has 0 amide bonds. The highest BCUT2D eigenvalue weighted by atomic mass is 16.5. The van der Waals surface area contributed by atoms with Crippen LogP contribution in [0.25, 0.3) is 12.2 Å². The van der Waals surface area contributed by atoms with Crippen molar-refractivity contribution in [2.24, 2.45) is 0 Å². The van der Waals surface area contributed by atoms with Gasteiger partial charge in [-0.15, -0.1) is 0 Å². The summed E-state index contributed by atoms with van der Waals surface area (Å²) in [6, 6.07) is 11.3. The molecule has 32 heavy (non-hydrogen) atoms. The summed E-state index contributed by atoms with van der Waals surface area (Å²) in [6.07, 6.45) is 4.41. The van der Waals surface area contributed by atoms with Crippen LogP contribution in [-0.2, 0) is 31.7 Å². The van der Waals surface area contributed by atoms with Gasteiger partial charge in [0.25, 0.3) is 0 Å². The van der Waals surface area contributed by atoms with Crippen molar-refractivity contribution in [3.05, 3.63) is 69.8 Å². The van der Waals surface area contributed by atoms with Crippen molar-refractivity contribution in [2.75, 3.05) is 7.11 Å². The molecule has 0 spiro atoms. The van der Waals surface area contributed by atoms with Crippen molar-refractivity contribution in [2.45, 2.75) is 64.6 Å². The lowest BCUT2D eigenvalue weighted by Crippen LogP contribution is -2.47. The van der Waals surface area contributed by atoms with Crippen LogP contribution in [0.4, 0.5) is 0 Å². The van der Waals surface area contributed by atoms with Gasteiger partial charge in [-0.2, -0.15) is 0 Å². The fourth-order valence-electron chi connectivity index (χ4n) is 4.47. The Morgan fingerprint density at radius 2 is 1.72 bits per heavy atom. The number of methoxy groups -OCH3 is 1. The number of hydrogen-bond acceptors (Lipinski definition) is 5. The molecule has 1 unspecified atom stereocenters. The van der Waals surface area contributed by atoms with Gasteiger partial charge < -0.3 is 14.6 Å². The summed E-state index contributed by atoms with van der Waals surface area (Å²) < 4.78 is 10.5. The highest BCUT2D eigenvalue weighted by Crippen LogP contribution is 2.48. The third-order valence-corrected chi connectivity index (χ3v) is 6.47. The van der Waals surface area contributed by atoms with Crippen molar-refractivity contribution >= 4 is 24.1 Å². The first kappa shape index (κ1) is 23.7. The number of aliphatic hydroxyl groups excluding tert-OH is 1. The Labute approximate surface area is 190 Å². The second-order valence-corrected chi connectivity index (χ2v) is 9.61. The molecule has 3 rings (SSSR count). The normalized spacial score (nSPS) is 18.8. The minimum atomic E-state index is -0.370. The van der Waals surface area contributed by atoms with E-state index in [1.165, 1.54) is 19.6 Å². The number of carbonyl (C=O) groups excluding carboxylic acids is 2. The second-order valence-electron chi connectivity index (χ2n) is 9.61. The van der Waals surface area contributed by atoms with Crippen LogP contribution in [0.15, 0.2) is 36.4 Å². The van der Waals surface area contributed by atoms with Gasteiger partial charge in [-0.25, -0.2) is 4.79 Å². The van der Waals surface area contributed by atoms with E-state index >= 15 is 0 Å². The first-order valence-electron chi connectivity index (χ1n) is 10.8. The largest absolute Gasteiger partial charge is 0.465 e. The van der Waals surface area contributed by atoms with Gasteiger partial charge in [-0.3, -0.25) is 4.79 Å². The molecular weight excluding hydrogens is 404 g/mol. The van der Waals surface area contributed by atoms with Crippen LogP contribution in [0.1, 0.15) is 79.2 Å². The zero-order chi connectivity index (χ0) is 23.7. The molecule has 1 atom stereocenters. The molecule has 1 N–H and O–H groups in total. The molecule has 0 radical (unpaired) electrons. The molecule has 0 saturated heterocycles. The van der Waals surface area contributed by atoms with Crippen LogP contribution in [0.2, 0.25) is 0 Å². The average Bonchev–Trinajstić information content (AvgIpc) is 2.75. The molecule has 1 aliphatic carbocycles. The third-order valence-electron chi connectivity index (χ3n) is 6.47. The van der Waals surface area contributed by atoms with Crippen LogP contribution in [0, 0.1) is 0 Å². The second kappa shape index (κ2) is 8.91. The standard InChI is InChI=1S/C27H32O5/c1-17(29)32-24-15-26(2,3)22-14-21(16-28)20(13-23(22)27(24,4)5)12-9-18-7-10-19(11-8-18)25(30)31-6/h7-14,24,28H,15-16H2,1-6H3/b12-9+. The lowest BCUT2D eigenvalue weighted by molar-refractivity contribution is -0.151. The van der Waals surface area contributed by atoms with E-state index in [-0.39, 0.29) is 35.5 Å². The van der Waals surface area contributed by atoms with E-state index < -0.39 is 0 Å². The lowest BCUT2D eigenvalue weighted by atomic mass is 9.61. The lowest BCUT2D eigenvalue weighted by Gasteiger charge is -2.47. The Bertz CT molecular complexity index is 1040. The minimum absolute atomic E-state index is 0.0713. The monoisotopic (exact) mass is 436 g/mol. The van der Waals surface area contributed by atoms with E-state index in [0.29, 0.717) is 5.56 Å². The molecule has 0 aliphatic heterocycles. The summed E-state index contributed by atoms with van der Waals surface area (Å²) >= 11 is 0. The molecule has 0 saturated carbocycles. The van der Waals surface area contributed by atoms with Gasteiger partial charge in [-0.1, -0.05) is 64.1 Å². The first-order valence-corrected chi connectivity index (χ1v) is 10.8. The van der Waals surface area contributed by atoms with E-state index in [4.69, 9.17) is 9.47 Å². The van der Waals surface area contributed by atoms with Gasteiger partial charge in [0.05, 0.1) is 19.3 Å². The van der Waals surface area contributed by atoms with Crippen LogP contribution in [-0.4, -0.2) is 30.3 Å². The molecule has 0 aromatic heterocycles. The van der Waals surface area contributed by atoms with E-state index in [2.05, 4.69) is 39.8 Å². The van der Waals surface area contributed by atoms with Crippen molar-refractivity contribution in [3.63, 3.8) is 0 Å². The van der Waals surface area contributed by atoms with Crippen LogP contribution in [0.3, 0.4) is 0 Å². The Kier molecular flexibility index (Phi) is 6.61. The third kappa shape index (κ3) is 4.63. The molecule has 5 heteroatoms. The molecule has 0 heterocycles. The predicted molar refractivity (Wildman–Crippen MR) is 125 cm³/mol. The molecule has 5 nitrogen and oxygen atoms in total. The highest BCUT2D eigenvalue weighted by Gasteiger charge is 2.46. The number of carbonyl (C=O) groups is 2. The fraction of sp³-hybridized carbons (Fsp3) is 0.407. The van der Waals surface area contributed by atoms with E-state index in [0.717, 1.165) is 28.7 Å². The fourth-order valence-corrected chi connectivity index (χ4v) is 4.47. The smallest absolute Gasteiger partial charge is 0.337 e. The summed E-state index contributed by atoms with van der Waals surface area (Å²) in [5.41, 5.74) is 4.92. The van der Waals surface area contributed by atoms with Gasteiger partial charge >= 0.3 is 11.9 Å². The average molecular weight is 437 g/mol. The van der Waals surface area contributed by atoms with E-state index in [1.807, 2.05) is 24.3 Å². The Morgan fingerprint density at radius 3 is 2.28 bits per heavy atom. The molecule has 2 aromatic rings. The zero-order valence-corrected chi connectivity index (χ0v) is 19.7. The number of hydrogen-bond donors (Lipinski definition) is 1. The summed E-state index contributed by atoms with van der Waals surface area (Å²) in [7, 11) is 1.36. The Balaban J connectivity index is 2.03. The van der Waals surface area contributed by atoms with E-state index in [1.54, 1.807) is 12.1 Å². The van der Waals surface area contributed by atoms with Gasteiger partial charge in [-0.05, 0) is 51.8 Å². The van der Waals surface area contributed by atoms with Crippen molar-refractivity contribution in [1.82, 2.24) is 0 Å². The van der Waals surface area contributed by atoms with Gasteiger partial charge in [0.1, 0.15) is 6.10 Å². The van der Waals surface area contributed by atoms with Gasteiger partial charge in [0.2, 0.25) is 0 Å².